The van der Waals surface area contributed by atoms with E-state index < -0.39 is 35.9 Å². The summed E-state index contributed by atoms with van der Waals surface area (Å²) in [6.07, 6.45) is 1.89. The SMILES string of the molecule is NC(N)=NCCC[C@@H](N)C(=O)N[C@@H](CCc1cccc2ccccc12)C(=O)N[C@H](CCCN=C(N)N)C(=O)O. The van der Waals surface area contributed by atoms with E-state index in [-0.39, 0.29) is 31.3 Å². The third-order valence-electron chi connectivity index (χ3n) is 6.08. The maximum Gasteiger partial charge on any atom is 0.326 e. The van der Waals surface area contributed by atoms with Crippen LogP contribution in [0.4, 0.5) is 0 Å². The fourth-order valence-corrected chi connectivity index (χ4v) is 4.04. The van der Waals surface area contributed by atoms with Gasteiger partial charge in [0.05, 0.1) is 6.04 Å². The van der Waals surface area contributed by atoms with Gasteiger partial charge < -0.3 is 44.4 Å². The van der Waals surface area contributed by atoms with E-state index in [1.807, 2.05) is 42.5 Å². The van der Waals surface area contributed by atoms with Crippen LogP contribution < -0.4 is 39.3 Å². The number of carbonyl (C=O) groups excluding carboxylic acids is 2. The Labute approximate surface area is 227 Å². The zero-order chi connectivity index (χ0) is 28.8. The van der Waals surface area contributed by atoms with E-state index in [0.717, 1.165) is 16.3 Å². The Kier molecular flexibility index (Phi) is 12.5. The Balaban J connectivity index is 2.13. The standard InChI is InChI=1S/C26H39N9O4/c27-19(10-4-14-32-25(28)29)22(36)34-20(13-12-17-8-3-7-16-6-1-2-9-18(16)17)23(37)35-21(24(38)39)11-5-15-33-26(30)31/h1-3,6-9,19-21H,4-5,10-15,27H2,(H,34,36)(H,35,37)(H,38,39)(H4,28,29,32)(H4,30,31,33)/t19-,20+,21-/m1/s1. The molecule has 0 radical (unpaired) electrons. The minimum atomic E-state index is -1.20. The van der Waals surface area contributed by atoms with Gasteiger partial charge in [0.25, 0.3) is 0 Å². The van der Waals surface area contributed by atoms with Crippen LogP contribution in [0.5, 0.6) is 0 Å². The summed E-state index contributed by atoms with van der Waals surface area (Å²) < 4.78 is 0. The second-order valence-corrected chi connectivity index (χ2v) is 9.14. The molecule has 2 aromatic carbocycles. The number of hydrogen-bond donors (Lipinski definition) is 8. The maximum absolute atomic E-state index is 13.2. The number of carboxylic acids is 1. The number of nitrogens with one attached hydrogen (secondary N) is 2. The van der Waals surface area contributed by atoms with E-state index in [9.17, 15) is 19.5 Å². The lowest BCUT2D eigenvalue weighted by Gasteiger charge is -2.23. The maximum atomic E-state index is 13.2. The molecule has 0 unspecified atom stereocenters. The lowest BCUT2D eigenvalue weighted by atomic mass is 9.98. The number of guanidine groups is 2. The highest BCUT2D eigenvalue weighted by Crippen LogP contribution is 2.20. The second kappa shape index (κ2) is 15.8. The highest BCUT2D eigenvalue weighted by atomic mass is 16.4. The van der Waals surface area contributed by atoms with E-state index >= 15 is 0 Å². The van der Waals surface area contributed by atoms with Crippen molar-refractivity contribution in [1.29, 1.82) is 0 Å². The molecule has 0 saturated carbocycles. The summed E-state index contributed by atoms with van der Waals surface area (Å²) in [6, 6.07) is 10.6. The number of fused-ring (bicyclic) bond motifs is 1. The third kappa shape index (κ3) is 10.9. The van der Waals surface area contributed by atoms with Gasteiger partial charge in [0.15, 0.2) is 11.9 Å². The van der Waals surface area contributed by atoms with Crippen molar-refractivity contribution in [3.8, 4) is 0 Å². The van der Waals surface area contributed by atoms with E-state index in [1.165, 1.54) is 0 Å². The highest BCUT2D eigenvalue weighted by molar-refractivity contribution is 5.92. The molecule has 39 heavy (non-hydrogen) atoms. The fraction of sp³-hybridized carbons (Fsp3) is 0.423. The van der Waals surface area contributed by atoms with E-state index in [0.29, 0.717) is 32.2 Å². The van der Waals surface area contributed by atoms with Gasteiger partial charge in [0.2, 0.25) is 11.8 Å². The number of rotatable bonds is 16. The molecule has 3 atom stereocenters. The van der Waals surface area contributed by atoms with Gasteiger partial charge in [-0.15, -0.1) is 0 Å². The zero-order valence-electron chi connectivity index (χ0n) is 21.9. The first-order chi connectivity index (χ1) is 18.6. The van der Waals surface area contributed by atoms with Crippen LogP contribution in [0.2, 0.25) is 0 Å². The molecule has 13 heteroatoms. The molecule has 0 fully saturated rings. The van der Waals surface area contributed by atoms with Gasteiger partial charge >= 0.3 is 5.97 Å². The molecular formula is C26H39N9O4. The molecular weight excluding hydrogens is 502 g/mol. The van der Waals surface area contributed by atoms with Crippen LogP contribution in [0.25, 0.3) is 10.8 Å². The van der Waals surface area contributed by atoms with Crippen LogP contribution in [-0.2, 0) is 20.8 Å². The molecule has 212 valence electrons. The van der Waals surface area contributed by atoms with Gasteiger partial charge in [-0.2, -0.15) is 0 Å². The van der Waals surface area contributed by atoms with Crippen LogP contribution in [-0.4, -0.2) is 66.0 Å². The molecule has 0 aliphatic carbocycles. The Morgan fingerprint density at radius 3 is 2.00 bits per heavy atom. The number of benzene rings is 2. The summed E-state index contributed by atoms with van der Waals surface area (Å²) in [5.41, 5.74) is 28.3. The molecule has 13 nitrogen and oxygen atoms in total. The number of aliphatic carboxylic acids is 1. The minimum absolute atomic E-state index is 0.0514. The van der Waals surface area contributed by atoms with Crippen LogP contribution in [0.3, 0.4) is 0 Å². The number of nitrogens with two attached hydrogens (primary N) is 5. The Bertz CT molecular complexity index is 1170. The molecule has 0 aromatic heterocycles. The van der Waals surface area contributed by atoms with Crippen LogP contribution in [0.15, 0.2) is 52.4 Å². The van der Waals surface area contributed by atoms with Gasteiger partial charge in [-0.1, -0.05) is 42.5 Å². The summed E-state index contributed by atoms with van der Waals surface area (Å²) in [7, 11) is 0. The van der Waals surface area contributed by atoms with Crippen molar-refractivity contribution in [2.24, 2.45) is 38.7 Å². The van der Waals surface area contributed by atoms with Crippen molar-refractivity contribution in [1.82, 2.24) is 10.6 Å². The Morgan fingerprint density at radius 1 is 0.769 bits per heavy atom. The second-order valence-electron chi connectivity index (χ2n) is 9.14. The van der Waals surface area contributed by atoms with E-state index in [2.05, 4.69) is 20.6 Å². The van der Waals surface area contributed by atoms with Gasteiger partial charge in [-0.05, 0) is 54.9 Å². The average Bonchev–Trinajstić information content (AvgIpc) is 2.89. The molecule has 13 N–H and O–H groups in total. The molecule has 0 aliphatic heterocycles. The van der Waals surface area contributed by atoms with Crippen molar-refractivity contribution in [2.45, 2.75) is 56.7 Å². The zero-order valence-corrected chi connectivity index (χ0v) is 21.9. The van der Waals surface area contributed by atoms with E-state index in [1.54, 1.807) is 0 Å². The first kappa shape index (κ1) is 30.8. The van der Waals surface area contributed by atoms with Crippen molar-refractivity contribution < 1.29 is 19.5 Å². The molecule has 0 heterocycles. The molecule has 2 rings (SSSR count). The first-order valence-electron chi connectivity index (χ1n) is 12.7. The monoisotopic (exact) mass is 541 g/mol. The number of carbonyl (C=O) groups is 3. The molecule has 0 bridgehead atoms. The van der Waals surface area contributed by atoms with Crippen molar-refractivity contribution in [2.75, 3.05) is 13.1 Å². The summed E-state index contributed by atoms with van der Waals surface area (Å²) in [5, 5.41) is 17.0. The predicted octanol–water partition coefficient (Wildman–Crippen LogP) is -0.739. The molecule has 0 saturated heterocycles. The number of hydrogen-bond acceptors (Lipinski definition) is 6. The molecule has 2 amide bonds. The number of nitrogens with zero attached hydrogens (tertiary/aromatic N) is 2. The molecule has 2 aromatic rings. The smallest absolute Gasteiger partial charge is 0.326 e. The first-order valence-corrected chi connectivity index (χ1v) is 12.7. The van der Waals surface area contributed by atoms with Crippen LogP contribution in [0.1, 0.15) is 37.7 Å². The third-order valence-corrected chi connectivity index (χ3v) is 6.08. The number of amides is 2. The normalized spacial score (nSPS) is 13.1. The fourth-order valence-electron chi connectivity index (χ4n) is 4.04. The number of aliphatic imine (C=N–C) groups is 2. The molecule has 0 aliphatic rings. The van der Waals surface area contributed by atoms with Crippen molar-refractivity contribution in [3.05, 3.63) is 48.0 Å². The Morgan fingerprint density at radius 2 is 1.36 bits per heavy atom. The van der Waals surface area contributed by atoms with Crippen molar-refractivity contribution in [3.63, 3.8) is 0 Å². The molecule has 0 spiro atoms. The minimum Gasteiger partial charge on any atom is -0.480 e. The average molecular weight is 542 g/mol. The van der Waals surface area contributed by atoms with Gasteiger partial charge in [-0.25, -0.2) is 4.79 Å². The summed E-state index contributed by atoms with van der Waals surface area (Å²) in [6.45, 7) is 0.534. The van der Waals surface area contributed by atoms with E-state index in [4.69, 9.17) is 28.7 Å². The predicted molar refractivity (Wildman–Crippen MR) is 152 cm³/mol. The summed E-state index contributed by atoms with van der Waals surface area (Å²) in [5.74, 6) is -2.51. The quantitative estimate of drug-likeness (QED) is 0.0755. The van der Waals surface area contributed by atoms with Gasteiger partial charge in [0.1, 0.15) is 12.1 Å². The summed E-state index contributed by atoms with van der Waals surface area (Å²) in [4.78, 5) is 45.6. The van der Waals surface area contributed by atoms with Gasteiger partial charge in [-0.3, -0.25) is 19.6 Å². The number of carboxylic acid groups (broad SMARTS) is 1. The van der Waals surface area contributed by atoms with Crippen LogP contribution >= 0.6 is 0 Å². The number of aryl methyl sites for hydroxylation is 1. The van der Waals surface area contributed by atoms with Crippen LogP contribution in [0, 0.1) is 0 Å². The lowest BCUT2D eigenvalue weighted by Crippen LogP contribution is -2.54. The largest absolute Gasteiger partial charge is 0.480 e. The Hall–Kier alpha value is -4.39. The highest BCUT2D eigenvalue weighted by Gasteiger charge is 2.28. The topological polar surface area (TPSA) is 250 Å². The lowest BCUT2D eigenvalue weighted by molar-refractivity contribution is -0.142. The van der Waals surface area contributed by atoms with Crippen molar-refractivity contribution >= 4 is 40.5 Å². The van der Waals surface area contributed by atoms with Gasteiger partial charge in [0, 0.05) is 13.1 Å². The summed E-state index contributed by atoms with van der Waals surface area (Å²) >= 11 is 0.